The van der Waals surface area contributed by atoms with Crippen molar-refractivity contribution in [1.29, 1.82) is 0 Å². The number of ether oxygens (including phenoxy) is 2. The SMILES string of the molecule is CN=C(NCc1ccccc1CN(C)C1CCCCC1)N1CCOC(C2CCCO2)C1.I. The second kappa shape index (κ2) is 13.1. The third kappa shape index (κ3) is 6.81. The van der Waals surface area contributed by atoms with Gasteiger partial charge in [-0.1, -0.05) is 43.5 Å². The quantitative estimate of drug-likeness (QED) is 0.326. The number of hydrogen-bond donors (Lipinski definition) is 1. The van der Waals surface area contributed by atoms with E-state index in [0.717, 1.165) is 64.2 Å². The molecule has 7 heteroatoms. The smallest absolute Gasteiger partial charge is 0.194 e. The van der Waals surface area contributed by atoms with Crippen LogP contribution in [-0.2, 0) is 22.6 Å². The number of guanidine groups is 1. The first-order valence-corrected chi connectivity index (χ1v) is 12.2. The van der Waals surface area contributed by atoms with Crippen LogP contribution in [-0.4, -0.2) is 74.4 Å². The van der Waals surface area contributed by atoms with Crippen LogP contribution in [0.15, 0.2) is 29.3 Å². The minimum atomic E-state index is 0. The Hall–Kier alpha value is -0.900. The van der Waals surface area contributed by atoms with Crippen LogP contribution in [0, 0.1) is 0 Å². The molecule has 3 aliphatic rings. The summed E-state index contributed by atoms with van der Waals surface area (Å²) in [5, 5.41) is 3.62. The molecule has 2 atom stereocenters. The minimum absolute atomic E-state index is 0. The van der Waals surface area contributed by atoms with Gasteiger partial charge >= 0.3 is 0 Å². The fourth-order valence-corrected chi connectivity index (χ4v) is 5.30. The van der Waals surface area contributed by atoms with Gasteiger partial charge in [-0.3, -0.25) is 9.89 Å². The van der Waals surface area contributed by atoms with Gasteiger partial charge in [0.25, 0.3) is 0 Å². The lowest BCUT2D eigenvalue weighted by Gasteiger charge is -2.37. The van der Waals surface area contributed by atoms with E-state index in [1.807, 2.05) is 7.05 Å². The summed E-state index contributed by atoms with van der Waals surface area (Å²) in [6, 6.07) is 9.56. The molecule has 0 bridgehead atoms. The summed E-state index contributed by atoms with van der Waals surface area (Å²) in [6.07, 6.45) is 9.46. The second-order valence-electron chi connectivity index (χ2n) is 9.28. The first-order chi connectivity index (χ1) is 15.2. The summed E-state index contributed by atoms with van der Waals surface area (Å²) in [4.78, 5) is 9.46. The monoisotopic (exact) mass is 556 g/mol. The average molecular weight is 557 g/mol. The van der Waals surface area contributed by atoms with E-state index in [1.165, 1.54) is 43.2 Å². The van der Waals surface area contributed by atoms with Gasteiger partial charge in [0.05, 0.1) is 12.7 Å². The van der Waals surface area contributed by atoms with Crippen molar-refractivity contribution in [3.05, 3.63) is 35.4 Å². The van der Waals surface area contributed by atoms with Gasteiger partial charge in [0, 0.05) is 45.9 Å². The highest BCUT2D eigenvalue weighted by molar-refractivity contribution is 14.0. The van der Waals surface area contributed by atoms with Crippen LogP contribution in [0.2, 0.25) is 0 Å². The molecular formula is C25H41IN4O2. The molecule has 0 radical (unpaired) electrons. The van der Waals surface area contributed by atoms with Crippen LogP contribution in [0.3, 0.4) is 0 Å². The van der Waals surface area contributed by atoms with Crippen molar-refractivity contribution in [2.45, 2.75) is 76.3 Å². The maximum absolute atomic E-state index is 6.02. The maximum Gasteiger partial charge on any atom is 0.194 e. The Balaban J connectivity index is 0.00000289. The van der Waals surface area contributed by atoms with Crippen LogP contribution in [0.4, 0.5) is 0 Å². The first kappa shape index (κ1) is 25.7. The summed E-state index contributed by atoms with van der Waals surface area (Å²) in [6.45, 7) is 5.12. The van der Waals surface area contributed by atoms with Gasteiger partial charge in [-0.2, -0.15) is 0 Å². The number of aliphatic imine (C=N–C) groups is 1. The van der Waals surface area contributed by atoms with E-state index in [0.29, 0.717) is 0 Å². The second-order valence-corrected chi connectivity index (χ2v) is 9.28. The zero-order chi connectivity index (χ0) is 21.5. The Morgan fingerprint density at radius 3 is 2.50 bits per heavy atom. The van der Waals surface area contributed by atoms with Crippen molar-refractivity contribution in [2.75, 3.05) is 40.4 Å². The van der Waals surface area contributed by atoms with E-state index in [4.69, 9.17) is 9.47 Å². The molecule has 32 heavy (non-hydrogen) atoms. The van der Waals surface area contributed by atoms with Crippen LogP contribution >= 0.6 is 24.0 Å². The molecule has 6 nitrogen and oxygen atoms in total. The molecule has 0 aromatic heterocycles. The van der Waals surface area contributed by atoms with Gasteiger partial charge in [-0.15, -0.1) is 24.0 Å². The van der Waals surface area contributed by atoms with Crippen LogP contribution in [0.1, 0.15) is 56.1 Å². The van der Waals surface area contributed by atoms with E-state index in [-0.39, 0.29) is 36.2 Å². The Morgan fingerprint density at radius 1 is 1.03 bits per heavy atom. The number of nitrogens with zero attached hydrogens (tertiary/aromatic N) is 3. The fraction of sp³-hybridized carbons (Fsp3) is 0.720. The number of nitrogens with one attached hydrogen (secondary N) is 1. The number of hydrogen-bond acceptors (Lipinski definition) is 4. The average Bonchev–Trinajstić information content (AvgIpc) is 3.36. The molecule has 2 saturated heterocycles. The summed E-state index contributed by atoms with van der Waals surface area (Å²) in [5.74, 6) is 0.960. The van der Waals surface area contributed by atoms with Gasteiger partial charge in [0.2, 0.25) is 0 Å². The number of morpholine rings is 1. The molecule has 0 spiro atoms. The molecule has 2 unspecified atom stereocenters. The van der Waals surface area contributed by atoms with Gasteiger partial charge in [-0.05, 0) is 43.9 Å². The largest absolute Gasteiger partial charge is 0.375 e. The number of halogens is 1. The third-order valence-corrected chi connectivity index (χ3v) is 7.16. The lowest BCUT2D eigenvalue weighted by atomic mass is 9.94. The molecule has 1 aromatic carbocycles. The predicted octanol–water partition coefficient (Wildman–Crippen LogP) is 4.02. The summed E-state index contributed by atoms with van der Waals surface area (Å²) >= 11 is 0. The highest BCUT2D eigenvalue weighted by atomic mass is 127. The standard InChI is InChI=1S/C25H40N4O2.HI/c1-26-25(29-14-16-31-24(19-29)23-13-8-15-30-23)27-17-20-9-6-7-10-21(20)18-28(2)22-11-4-3-5-12-22;/h6-7,9-10,22-24H,3-5,8,11-19H2,1-2H3,(H,26,27);1H. The highest BCUT2D eigenvalue weighted by Crippen LogP contribution is 2.24. The lowest BCUT2D eigenvalue weighted by Crippen LogP contribution is -2.53. The predicted molar refractivity (Wildman–Crippen MR) is 141 cm³/mol. The van der Waals surface area contributed by atoms with E-state index in [1.54, 1.807) is 0 Å². The zero-order valence-corrected chi connectivity index (χ0v) is 22.1. The molecule has 0 amide bonds. The Morgan fingerprint density at radius 2 is 1.78 bits per heavy atom. The van der Waals surface area contributed by atoms with E-state index in [9.17, 15) is 0 Å². The number of rotatable bonds is 6. The van der Waals surface area contributed by atoms with Crippen LogP contribution in [0.25, 0.3) is 0 Å². The zero-order valence-electron chi connectivity index (χ0n) is 19.8. The number of benzene rings is 1. The van der Waals surface area contributed by atoms with E-state index in [2.05, 4.69) is 51.4 Å². The maximum atomic E-state index is 6.02. The van der Waals surface area contributed by atoms with Gasteiger partial charge in [0.15, 0.2) is 5.96 Å². The summed E-state index contributed by atoms with van der Waals surface area (Å²) in [7, 11) is 4.17. The van der Waals surface area contributed by atoms with E-state index < -0.39 is 0 Å². The van der Waals surface area contributed by atoms with Crippen LogP contribution < -0.4 is 5.32 Å². The minimum Gasteiger partial charge on any atom is -0.375 e. The first-order valence-electron chi connectivity index (χ1n) is 12.2. The molecule has 1 aliphatic carbocycles. The molecule has 1 saturated carbocycles. The normalized spacial score (nSPS) is 25.1. The van der Waals surface area contributed by atoms with Crippen molar-refractivity contribution in [2.24, 2.45) is 4.99 Å². The summed E-state index contributed by atoms with van der Waals surface area (Å²) < 4.78 is 11.9. The molecule has 180 valence electrons. The lowest BCUT2D eigenvalue weighted by molar-refractivity contribution is -0.0817. The molecule has 1 aromatic rings. The fourth-order valence-electron chi connectivity index (χ4n) is 5.30. The molecule has 2 heterocycles. The molecule has 4 rings (SSSR count). The molecular weight excluding hydrogens is 515 g/mol. The third-order valence-electron chi connectivity index (χ3n) is 7.16. The van der Waals surface area contributed by atoms with Crippen molar-refractivity contribution < 1.29 is 9.47 Å². The summed E-state index contributed by atoms with van der Waals surface area (Å²) in [5.41, 5.74) is 2.77. The van der Waals surface area contributed by atoms with Crippen molar-refractivity contribution >= 4 is 29.9 Å². The van der Waals surface area contributed by atoms with Gasteiger partial charge < -0.3 is 19.7 Å². The molecule has 2 aliphatic heterocycles. The molecule has 1 N–H and O–H groups in total. The highest BCUT2D eigenvalue weighted by Gasteiger charge is 2.32. The van der Waals surface area contributed by atoms with E-state index >= 15 is 0 Å². The Bertz CT molecular complexity index is 720. The van der Waals surface area contributed by atoms with Gasteiger partial charge in [-0.25, -0.2) is 0 Å². The topological polar surface area (TPSA) is 49.3 Å². The molecule has 3 fully saturated rings. The van der Waals surface area contributed by atoms with Gasteiger partial charge in [0.1, 0.15) is 6.10 Å². The van der Waals surface area contributed by atoms with Crippen LogP contribution in [0.5, 0.6) is 0 Å². The Kier molecular flexibility index (Phi) is 10.5. The Labute approximate surface area is 211 Å². The van der Waals surface area contributed by atoms with Crippen molar-refractivity contribution in [1.82, 2.24) is 15.1 Å². The van der Waals surface area contributed by atoms with Crippen molar-refractivity contribution in [3.63, 3.8) is 0 Å². The van der Waals surface area contributed by atoms with Crippen molar-refractivity contribution in [3.8, 4) is 0 Å².